The van der Waals surface area contributed by atoms with Crippen LogP contribution in [0.1, 0.15) is 12.8 Å². The van der Waals surface area contributed by atoms with Gasteiger partial charge in [-0.25, -0.2) is 4.79 Å². The third kappa shape index (κ3) is 5.43. The molecule has 20 heavy (non-hydrogen) atoms. The van der Waals surface area contributed by atoms with Crippen LogP contribution in [0, 0.1) is 0 Å². The summed E-state index contributed by atoms with van der Waals surface area (Å²) >= 11 is 0. The largest absolute Gasteiger partial charge is 0.442 e. The van der Waals surface area contributed by atoms with Gasteiger partial charge in [-0.05, 0) is 13.1 Å². The van der Waals surface area contributed by atoms with Gasteiger partial charge in [-0.15, -0.1) is 0 Å². The van der Waals surface area contributed by atoms with E-state index in [1.54, 1.807) is 12.2 Å². The normalized spacial score (nSPS) is 33.6. The number of carbonyl (C=O) groups is 1. The van der Waals surface area contributed by atoms with E-state index in [0.29, 0.717) is 0 Å². The monoisotopic (exact) mass is 290 g/mol. The lowest BCUT2D eigenvalue weighted by Gasteiger charge is -2.28. The summed E-state index contributed by atoms with van der Waals surface area (Å²) in [5, 5.41) is 33.8. The van der Waals surface area contributed by atoms with Gasteiger partial charge in [-0.1, -0.05) is 6.08 Å². The number of rotatable bonds is 4. The van der Waals surface area contributed by atoms with E-state index in [0.717, 1.165) is 0 Å². The lowest BCUT2D eigenvalue weighted by Crippen LogP contribution is -2.39. The Bertz CT molecular complexity index is 338. The number of amides is 1. The van der Waals surface area contributed by atoms with Crippen molar-refractivity contribution in [1.82, 2.24) is 10.6 Å². The summed E-state index contributed by atoms with van der Waals surface area (Å²) in [4.78, 5) is 11.2. The number of ether oxygens (including phenoxy) is 2. The standard InChI is InChI=1S/C12H22N2O6/c1-13-11(17)19-7-3-4-8(20-12(18)14-2)6-10(16)9(15)5-7/h3-4,7-11,13,15-17H,5-6H2,1-2H3,(H,14,18)/b4-3+. The van der Waals surface area contributed by atoms with Crippen molar-refractivity contribution >= 4 is 6.09 Å². The molecule has 8 heteroatoms. The van der Waals surface area contributed by atoms with Crippen LogP contribution in [0.2, 0.25) is 0 Å². The summed E-state index contributed by atoms with van der Waals surface area (Å²) in [6, 6.07) is 0. The van der Waals surface area contributed by atoms with Crippen LogP contribution in [0.25, 0.3) is 0 Å². The summed E-state index contributed by atoms with van der Waals surface area (Å²) in [5.74, 6) is 0. The van der Waals surface area contributed by atoms with E-state index < -0.39 is 36.9 Å². The fraction of sp³-hybridized carbons (Fsp3) is 0.750. The summed E-state index contributed by atoms with van der Waals surface area (Å²) in [6.45, 7) is 0. The quantitative estimate of drug-likeness (QED) is 0.321. The van der Waals surface area contributed by atoms with E-state index in [1.165, 1.54) is 14.1 Å². The molecule has 0 spiro atoms. The Morgan fingerprint density at radius 2 is 1.75 bits per heavy atom. The molecule has 5 N–H and O–H groups in total. The molecule has 116 valence electrons. The van der Waals surface area contributed by atoms with Crippen LogP contribution in [0.4, 0.5) is 4.79 Å². The molecule has 0 aliphatic heterocycles. The summed E-state index contributed by atoms with van der Waals surface area (Å²) in [5.41, 5.74) is 0. The number of nitrogens with one attached hydrogen (secondary N) is 2. The Hall–Kier alpha value is -1.19. The molecule has 5 atom stereocenters. The second kappa shape index (κ2) is 8.18. The van der Waals surface area contributed by atoms with Crippen LogP contribution in [0.15, 0.2) is 12.2 Å². The maximum atomic E-state index is 11.2. The molecule has 0 aromatic heterocycles. The number of carbonyl (C=O) groups excluding carboxylic acids is 1. The van der Waals surface area contributed by atoms with E-state index in [-0.39, 0.29) is 12.8 Å². The molecular formula is C12H22N2O6. The SMILES string of the molecule is CNC(=O)OC1/C=C/C(OC(O)NC)CC(O)C(O)C1. The van der Waals surface area contributed by atoms with E-state index in [4.69, 9.17) is 9.47 Å². The summed E-state index contributed by atoms with van der Waals surface area (Å²) < 4.78 is 10.2. The van der Waals surface area contributed by atoms with Crippen LogP contribution in [0.5, 0.6) is 0 Å². The summed E-state index contributed by atoms with van der Waals surface area (Å²) in [7, 11) is 2.94. The zero-order chi connectivity index (χ0) is 15.1. The van der Waals surface area contributed by atoms with Gasteiger partial charge in [0.2, 0.25) is 6.41 Å². The lowest BCUT2D eigenvalue weighted by atomic mass is 9.97. The van der Waals surface area contributed by atoms with Crippen molar-refractivity contribution in [1.29, 1.82) is 0 Å². The van der Waals surface area contributed by atoms with Gasteiger partial charge in [0.1, 0.15) is 6.10 Å². The molecule has 0 fully saturated rings. The molecule has 8 nitrogen and oxygen atoms in total. The second-order valence-corrected chi connectivity index (χ2v) is 4.50. The van der Waals surface area contributed by atoms with Crippen molar-refractivity contribution in [3.05, 3.63) is 12.2 Å². The average Bonchev–Trinajstić information content (AvgIpc) is 2.42. The zero-order valence-electron chi connectivity index (χ0n) is 11.5. The van der Waals surface area contributed by atoms with Crippen LogP contribution in [-0.2, 0) is 9.47 Å². The molecule has 5 unspecified atom stereocenters. The second-order valence-electron chi connectivity index (χ2n) is 4.50. The first-order valence-corrected chi connectivity index (χ1v) is 6.39. The molecule has 0 radical (unpaired) electrons. The van der Waals surface area contributed by atoms with Crippen molar-refractivity contribution < 1.29 is 29.6 Å². The van der Waals surface area contributed by atoms with E-state index in [9.17, 15) is 20.1 Å². The lowest BCUT2D eigenvalue weighted by molar-refractivity contribution is -0.150. The summed E-state index contributed by atoms with van der Waals surface area (Å²) in [6.07, 6.45) is -1.83. The third-order valence-corrected chi connectivity index (χ3v) is 2.95. The molecule has 0 saturated carbocycles. The van der Waals surface area contributed by atoms with Gasteiger partial charge in [0.25, 0.3) is 0 Å². The molecule has 1 aliphatic carbocycles. The third-order valence-electron chi connectivity index (χ3n) is 2.95. The molecule has 0 bridgehead atoms. The highest BCUT2D eigenvalue weighted by Crippen LogP contribution is 2.18. The van der Waals surface area contributed by atoms with Gasteiger partial charge in [0, 0.05) is 19.9 Å². The number of hydrogen-bond acceptors (Lipinski definition) is 7. The number of hydrogen-bond donors (Lipinski definition) is 5. The van der Waals surface area contributed by atoms with E-state index in [2.05, 4.69) is 10.6 Å². The fourth-order valence-corrected chi connectivity index (χ4v) is 1.81. The van der Waals surface area contributed by atoms with Gasteiger partial charge in [0.05, 0.1) is 18.3 Å². The van der Waals surface area contributed by atoms with Crippen molar-refractivity contribution in [2.24, 2.45) is 0 Å². The fourth-order valence-electron chi connectivity index (χ4n) is 1.81. The number of aliphatic hydroxyl groups is 3. The minimum Gasteiger partial charge on any atom is -0.442 e. The van der Waals surface area contributed by atoms with Crippen molar-refractivity contribution in [2.75, 3.05) is 14.1 Å². The van der Waals surface area contributed by atoms with Gasteiger partial charge in [-0.3, -0.25) is 5.32 Å². The molecule has 1 aliphatic rings. The Labute approximate surface area is 117 Å². The van der Waals surface area contributed by atoms with Crippen LogP contribution in [0.3, 0.4) is 0 Å². The molecule has 0 aromatic carbocycles. The minimum atomic E-state index is -1.19. The first-order chi connectivity index (χ1) is 9.46. The van der Waals surface area contributed by atoms with Crippen LogP contribution < -0.4 is 10.6 Å². The average molecular weight is 290 g/mol. The minimum absolute atomic E-state index is 0.0897. The molecule has 0 aromatic rings. The molecule has 0 saturated heterocycles. The molecule has 0 heterocycles. The predicted octanol–water partition coefficient (Wildman–Crippen LogP) is -1.34. The van der Waals surface area contributed by atoms with E-state index >= 15 is 0 Å². The van der Waals surface area contributed by atoms with Crippen LogP contribution in [-0.4, -0.2) is 66.3 Å². The molecular weight excluding hydrogens is 268 g/mol. The van der Waals surface area contributed by atoms with Gasteiger partial charge in [0.15, 0.2) is 0 Å². The first kappa shape index (κ1) is 16.9. The molecule has 1 amide bonds. The van der Waals surface area contributed by atoms with Crippen molar-refractivity contribution in [2.45, 2.75) is 43.7 Å². The maximum absolute atomic E-state index is 11.2. The van der Waals surface area contributed by atoms with Crippen LogP contribution >= 0.6 is 0 Å². The Balaban J connectivity index is 2.73. The molecule has 1 rings (SSSR count). The predicted molar refractivity (Wildman–Crippen MR) is 69.7 cm³/mol. The van der Waals surface area contributed by atoms with Crippen molar-refractivity contribution in [3.8, 4) is 0 Å². The zero-order valence-corrected chi connectivity index (χ0v) is 11.5. The highest BCUT2D eigenvalue weighted by atomic mass is 16.6. The maximum Gasteiger partial charge on any atom is 0.407 e. The van der Waals surface area contributed by atoms with E-state index in [1.807, 2.05) is 0 Å². The Morgan fingerprint density at radius 3 is 2.30 bits per heavy atom. The van der Waals surface area contributed by atoms with Gasteiger partial charge >= 0.3 is 6.09 Å². The van der Waals surface area contributed by atoms with Gasteiger partial charge in [-0.2, -0.15) is 0 Å². The first-order valence-electron chi connectivity index (χ1n) is 6.39. The number of alkyl carbamates (subject to hydrolysis) is 1. The smallest absolute Gasteiger partial charge is 0.407 e. The topological polar surface area (TPSA) is 120 Å². The Kier molecular flexibility index (Phi) is 6.89. The van der Waals surface area contributed by atoms with Gasteiger partial charge < -0.3 is 30.1 Å². The number of aliphatic hydroxyl groups excluding tert-OH is 3. The Morgan fingerprint density at radius 1 is 1.20 bits per heavy atom. The van der Waals surface area contributed by atoms with Crippen molar-refractivity contribution in [3.63, 3.8) is 0 Å². The highest BCUT2D eigenvalue weighted by Gasteiger charge is 2.28. The highest BCUT2D eigenvalue weighted by molar-refractivity contribution is 5.67.